The fourth-order valence-electron chi connectivity index (χ4n) is 3.17. The highest BCUT2D eigenvalue weighted by Crippen LogP contribution is 2.35. The highest BCUT2D eigenvalue weighted by Gasteiger charge is 2.52. The van der Waals surface area contributed by atoms with Crippen LogP contribution in [0.5, 0.6) is 5.75 Å². The van der Waals surface area contributed by atoms with Crippen LogP contribution >= 0.6 is 0 Å². The van der Waals surface area contributed by atoms with Crippen molar-refractivity contribution < 1.29 is 38.9 Å². The lowest BCUT2D eigenvalue weighted by Gasteiger charge is -2.29. The van der Waals surface area contributed by atoms with Crippen molar-refractivity contribution >= 4 is 23.6 Å². The Bertz CT molecular complexity index is 923. The predicted octanol–water partition coefficient (Wildman–Crippen LogP) is 3.35. The largest absolute Gasteiger partial charge is 0.508 e. The molecule has 0 aliphatic carbocycles. The normalized spacial score (nSPS) is 18.5. The molecule has 9 nitrogen and oxygen atoms in total. The summed E-state index contributed by atoms with van der Waals surface area (Å²) in [5.74, 6) is -2.44. The fraction of sp³-hybridized carbons (Fsp3) is 0.565. The number of aliphatic carboxylic acids is 1. The van der Waals surface area contributed by atoms with E-state index in [9.17, 15) is 19.5 Å². The maximum Gasteiger partial charge on any atom is 0.354 e. The number of rotatable bonds is 7. The number of ether oxygens (including phenoxy) is 2. The summed E-state index contributed by atoms with van der Waals surface area (Å²) in [6, 6.07) is 4.47. The van der Waals surface area contributed by atoms with E-state index in [2.05, 4.69) is 5.16 Å². The van der Waals surface area contributed by atoms with Crippen molar-refractivity contribution in [1.82, 2.24) is 0 Å². The van der Waals surface area contributed by atoms with E-state index in [1.54, 1.807) is 47.6 Å². The van der Waals surface area contributed by atoms with Gasteiger partial charge in [-0.05, 0) is 65.7 Å². The van der Waals surface area contributed by atoms with Crippen LogP contribution in [0.15, 0.2) is 23.4 Å². The number of carbonyl (C=O) groups is 3. The lowest BCUT2D eigenvalue weighted by molar-refractivity contribution is -0.188. The van der Waals surface area contributed by atoms with Gasteiger partial charge in [-0.3, -0.25) is 9.59 Å². The molecule has 1 aromatic carbocycles. The second kappa shape index (κ2) is 9.18. The molecule has 1 heterocycles. The molecule has 176 valence electrons. The highest BCUT2D eigenvalue weighted by atomic mass is 16.7. The van der Waals surface area contributed by atoms with E-state index in [1.165, 1.54) is 12.1 Å². The number of carboxylic acids is 1. The van der Waals surface area contributed by atoms with Gasteiger partial charge in [0, 0.05) is 18.4 Å². The van der Waals surface area contributed by atoms with Gasteiger partial charge in [-0.15, -0.1) is 0 Å². The van der Waals surface area contributed by atoms with Gasteiger partial charge in [0.2, 0.25) is 5.60 Å². The van der Waals surface area contributed by atoms with Crippen molar-refractivity contribution in [3.05, 3.63) is 29.3 Å². The molecule has 1 aliphatic rings. The van der Waals surface area contributed by atoms with Crippen LogP contribution < -0.4 is 0 Å². The Kier molecular flexibility index (Phi) is 7.22. The number of esters is 2. The van der Waals surface area contributed by atoms with E-state index in [0.29, 0.717) is 16.8 Å². The molecule has 1 aliphatic heterocycles. The molecule has 1 aromatic rings. The molecule has 0 radical (unpaired) electrons. The molecule has 0 amide bonds. The molecule has 0 fully saturated rings. The first-order chi connectivity index (χ1) is 14.6. The van der Waals surface area contributed by atoms with Crippen molar-refractivity contribution in [3.63, 3.8) is 0 Å². The molecule has 2 rings (SSSR count). The van der Waals surface area contributed by atoms with Crippen molar-refractivity contribution in [2.24, 2.45) is 5.16 Å². The van der Waals surface area contributed by atoms with Crippen LogP contribution in [0, 0.1) is 0 Å². The summed E-state index contributed by atoms with van der Waals surface area (Å²) < 4.78 is 10.9. The molecular formula is C23H31NO8. The number of aryl methyl sites for hydroxylation is 1. The summed E-state index contributed by atoms with van der Waals surface area (Å²) in [7, 11) is 0. The van der Waals surface area contributed by atoms with Crippen LogP contribution in [0.25, 0.3) is 0 Å². The molecular weight excluding hydrogens is 418 g/mol. The molecule has 0 spiro atoms. The quantitative estimate of drug-likeness (QED) is 0.606. The Morgan fingerprint density at radius 1 is 1.09 bits per heavy atom. The van der Waals surface area contributed by atoms with Crippen LogP contribution in [0.3, 0.4) is 0 Å². The topological polar surface area (TPSA) is 132 Å². The lowest BCUT2D eigenvalue weighted by Crippen LogP contribution is -2.46. The van der Waals surface area contributed by atoms with E-state index in [4.69, 9.17) is 19.4 Å². The van der Waals surface area contributed by atoms with Crippen LogP contribution in [0.1, 0.15) is 71.9 Å². The van der Waals surface area contributed by atoms with E-state index in [0.717, 1.165) is 0 Å². The van der Waals surface area contributed by atoms with Gasteiger partial charge < -0.3 is 24.5 Å². The van der Waals surface area contributed by atoms with Crippen LogP contribution in [0.2, 0.25) is 0 Å². The van der Waals surface area contributed by atoms with Gasteiger partial charge in [0.05, 0.1) is 12.1 Å². The first kappa shape index (κ1) is 25.2. The molecule has 32 heavy (non-hydrogen) atoms. The Hall–Kier alpha value is -3.10. The number of carbonyl (C=O) groups excluding carboxylic acids is 2. The Balaban J connectivity index is 2.37. The van der Waals surface area contributed by atoms with E-state index >= 15 is 0 Å². The van der Waals surface area contributed by atoms with Crippen LogP contribution in [-0.4, -0.2) is 50.6 Å². The van der Waals surface area contributed by atoms with Gasteiger partial charge >= 0.3 is 17.9 Å². The number of phenolic OH excluding ortho intramolecular Hbond substituents is 1. The highest BCUT2D eigenvalue weighted by molar-refractivity contribution is 6.06. The SMILES string of the molecule is CC(C)(C)OC(=O)CC1(C(=O)OC(C)(C)C)CC(c2cc(O)ccc2CCC(=O)O)=NO1. The summed E-state index contributed by atoms with van der Waals surface area (Å²) in [6.45, 7) is 10.2. The Labute approximate surface area is 187 Å². The maximum absolute atomic E-state index is 13.1. The molecule has 0 saturated heterocycles. The molecule has 1 unspecified atom stereocenters. The van der Waals surface area contributed by atoms with E-state index in [1.807, 2.05) is 0 Å². The van der Waals surface area contributed by atoms with Crippen LogP contribution in [0.4, 0.5) is 0 Å². The molecule has 0 aromatic heterocycles. The first-order valence-electron chi connectivity index (χ1n) is 10.3. The summed E-state index contributed by atoms with van der Waals surface area (Å²) in [5.41, 5.74) is -1.97. The smallest absolute Gasteiger partial charge is 0.354 e. The first-order valence-corrected chi connectivity index (χ1v) is 10.3. The predicted molar refractivity (Wildman–Crippen MR) is 115 cm³/mol. The molecule has 0 saturated carbocycles. The fourth-order valence-corrected chi connectivity index (χ4v) is 3.17. The van der Waals surface area contributed by atoms with Crippen molar-refractivity contribution in [2.45, 2.75) is 84.0 Å². The molecule has 0 bridgehead atoms. The van der Waals surface area contributed by atoms with Crippen molar-refractivity contribution in [1.29, 1.82) is 0 Å². The number of benzene rings is 1. The van der Waals surface area contributed by atoms with Crippen LogP contribution in [-0.2, 0) is 35.1 Å². The average molecular weight is 450 g/mol. The van der Waals surface area contributed by atoms with Gasteiger partial charge in [0.25, 0.3) is 0 Å². The summed E-state index contributed by atoms with van der Waals surface area (Å²) >= 11 is 0. The third-order valence-corrected chi connectivity index (χ3v) is 4.42. The number of hydrogen-bond donors (Lipinski definition) is 2. The standard InChI is InChI=1S/C23H31NO8/c1-21(2,3)30-19(28)13-23(20(29)31-22(4,5)6)12-17(24-32-23)16-11-15(25)9-7-14(16)8-10-18(26)27/h7,9,11,25H,8,10,12-13H2,1-6H3,(H,26,27). The van der Waals surface area contributed by atoms with E-state index < -0.39 is 41.1 Å². The van der Waals surface area contributed by atoms with Gasteiger partial charge in [-0.2, -0.15) is 0 Å². The van der Waals surface area contributed by atoms with Crippen molar-refractivity contribution in [2.75, 3.05) is 0 Å². The number of aromatic hydroxyl groups is 1. The molecule has 2 N–H and O–H groups in total. The number of nitrogens with zero attached hydrogens (tertiary/aromatic N) is 1. The molecule has 1 atom stereocenters. The maximum atomic E-state index is 13.1. The number of oxime groups is 1. The van der Waals surface area contributed by atoms with E-state index in [-0.39, 0.29) is 25.0 Å². The van der Waals surface area contributed by atoms with Gasteiger partial charge in [0.1, 0.15) is 17.0 Å². The summed E-state index contributed by atoms with van der Waals surface area (Å²) in [6.07, 6.45) is -0.462. The summed E-state index contributed by atoms with van der Waals surface area (Å²) in [4.78, 5) is 42.2. The minimum Gasteiger partial charge on any atom is -0.508 e. The zero-order chi connectivity index (χ0) is 24.3. The number of hydrogen-bond acceptors (Lipinski definition) is 8. The third-order valence-electron chi connectivity index (χ3n) is 4.42. The minimum atomic E-state index is -1.74. The zero-order valence-corrected chi connectivity index (χ0v) is 19.4. The minimum absolute atomic E-state index is 0.0521. The molecule has 9 heteroatoms. The number of carboxylic acid groups (broad SMARTS) is 1. The third kappa shape index (κ3) is 6.96. The lowest BCUT2D eigenvalue weighted by atomic mass is 9.88. The second-order valence-corrected chi connectivity index (χ2v) is 9.80. The Morgan fingerprint density at radius 3 is 2.28 bits per heavy atom. The number of phenols is 1. The van der Waals surface area contributed by atoms with Gasteiger partial charge in [-0.1, -0.05) is 11.2 Å². The second-order valence-electron chi connectivity index (χ2n) is 9.80. The Morgan fingerprint density at radius 2 is 1.72 bits per heavy atom. The van der Waals surface area contributed by atoms with Crippen molar-refractivity contribution in [3.8, 4) is 5.75 Å². The zero-order valence-electron chi connectivity index (χ0n) is 19.4. The van der Waals surface area contributed by atoms with Gasteiger partial charge in [-0.25, -0.2) is 4.79 Å². The average Bonchev–Trinajstić information content (AvgIpc) is 3.02. The van der Waals surface area contributed by atoms with Gasteiger partial charge in [0.15, 0.2) is 0 Å². The summed E-state index contributed by atoms with van der Waals surface area (Å²) in [5, 5.41) is 23.0. The monoisotopic (exact) mass is 449 g/mol.